The second-order valence-electron chi connectivity index (χ2n) is 5.74. The summed E-state index contributed by atoms with van der Waals surface area (Å²) in [5.41, 5.74) is 9.16. The number of nitrogens with two attached hydrogens (primary N) is 1. The predicted octanol–water partition coefficient (Wildman–Crippen LogP) is 3.33. The molecule has 2 nitrogen and oxygen atoms in total. The van der Waals surface area contributed by atoms with E-state index in [2.05, 4.69) is 41.1 Å². The zero-order valence-electron chi connectivity index (χ0n) is 10.8. The number of benzene rings is 1. The van der Waals surface area contributed by atoms with E-state index in [1.54, 1.807) is 0 Å². The Morgan fingerprint density at radius 3 is 2.72 bits per heavy atom. The van der Waals surface area contributed by atoms with E-state index >= 15 is 0 Å². The lowest BCUT2D eigenvalue weighted by molar-refractivity contribution is 0.194. The lowest BCUT2D eigenvalue weighted by atomic mass is 9.87. The normalized spacial score (nSPS) is 27.2. The first-order valence-corrected chi connectivity index (χ1v) is 7.56. The molecule has 2 unspecified atom stereocenters. The summed E-state index contributed by atoms with van der Waals surface area (Å²) in [6.45, 7) is 3.87. The van der Waals surface area contributed by atoms with Gasteiger partial charge in [-0.05, 0) is 43.4 Å². The van der Waals surface area contributed by atoms with Crippen LogP contribution in [0.1, 0.15) is 43.2 Å². The molecule has 3 rings (SSSR count). The topological polar surface area (TPSA) is 35.2 Å². The van der Waals surface area contributed by atoms with Crippen LogP contribution in [0.15, 0.2) is 22.7 Å². The van der Waals surface area contributed by atoms with Crippen molar-refractivity contribution in [1.82, 2.24) is 0 Å². The Kier molecular flexibility index (Phi) is 3.25. The predicted molar refractivity (Wildman–Crippen MR) is 76.9 cm³/mol. The molecule has 0 aromatic heterocycles. The van der Waals surface area contributed by atoms with Crippen molar-refractivity contribution in [2.75, 3.05) is 13.2 Å². The van der Waals surface area contributed by atoms with Crippen LogP contribution in [-0.4, -0.2) is 19.3 Å². The van der Waals surface area contributed by atoms with Crippen LogP contribution in [0.2, 0.25) is 0 Å². The number of halogens is 1. The van der Waals surface area contributed by atoms with Crippen molar-refractivity contribution < 1.29 is 4.74 Å². The van der Waals surface area contributed by atoms with Gasteiger partial charge in [-0.3, -0.25) is 0 Å². The highest BCUT2D eigenvalue weighted by Gasteiger charge is 2.47. The van der Waals surface area contributed by atoms with E-state index in [0.29, 0.717) is 5.92 Å². The maximum atomic E-state index is 6.14. The van der Waals surface area contributed by atoms with Crippen molar-refractivity contribution in [1.29, 1.82) is 0 Å². The smallest absolute Gasteiger partial charge is 0.0535 e. The van der Waals surface area contributed by atoms with Gasteiger partial charge in [0, 0.05) is 28.5 Å². The van der Waals surface area contributed by atoms with Gasteiger partial charge in [-0.2, -0.15) is 0 Å². The van der Waals surface area contributed by atoms with Crippen LogP contribution < -0.4 is 5.73 Å². The Morgan fingerprint density at radius 1 is 1.44 bits per heavy atom. The highest BCUT2D eigenvalue weighted by molar-refractivity contribution is 9.10. The van der Waals surface area contributed by atoms with Crippen LogP contribution in [0.3, 0.4) is 0 Å². The lowest BCUT2D eigenvalue weighted by Crippen LogP contribution is -2.31. The van der Waals surface area contributed by atoms with Crippen molar-refractivity contribution in [3.63, 3.8) is 0 Å². The Hall–Kier alpha value is -0.380. The molecule has 0 bridgehead atoms. The van der Waals surface area contributed by atoms with Gasteiger partial charge in [-0.1, -0.05) is 28.1 Å². The third kappa shape index (κ3) is 2.02. The van der Waals surface area contributed by atoms with Crippen molar-refractivity contribution in [2.24, 2.45) is 5.73 Å². The minimum atomic E-state index is 0.241. The highest BCUT2D eigenvalue weighted by Crippen LogP contribution is 2.51. The molecule has 18 heavy (non-hydrogen) atoms. The first-order chi connectivity index (χ1) is 8.63. The molecule has 98 valence electrons. The van der Waals surface area contributed by atoms with Crippen molar-refractivity contribution in [3.8, 4) is 0 Å². The fourth-order valence-electron chi connectivity index (χ4n) is 3.09. The van der Waals surface area contributed by atoms with E-state index < -0.39 is 0 Å². The molecule has 3 heteroatoms. The minimum absolute atomic E-state index is 0.241. The van der Waals surface area contributed by atoms with Crippen LogP contribution in [0.25, 0.3) is 0 Å². The largest absolute Gasteiger partial charge is 0.381 e. The summed E-state index contributed by atoms with van der Waals surface area (Å²) >= 11 is 3.73. The van der Waals surface area contributed by atoms with Crippen LogP contribution >= 0.6 is 15.9 Å². The molecular formula is C15H20BrNO. The summed E-state index contributed by atoms with van der Waals surface area (Å²) < 4.78 is 6.70. The number of hydrogen-bond donors (Lipinski definition) is 1. The van der Waals surface area contributed by atoms with Gasteiger partial charge in [0.05, 0.1) is 6.61 Å². The molecule has 1 heterocycles. The average Bonchev–Trinajstić information content (AvgIpc) is 2.99. The first kappa shape index (κ1) is 12.6. The summed E-state index contributed by atoms with van der Waals surface area (Å²) in [6.07, 6.45) is 3.59. The third-order valence-corrected chi connectivity index (χ3v) is 5.29. The molecule has 0 amide bonds. The summed E-state index contributed by atoms with van der Waals surface area (Å²) in [4.78, 5) is 0. The van der Waals surface area contributed by atoms with E-state index in [1.807, 2.05) is 0 Å². The van der Waals surface area contributed by atoms with Gasteiger partial charge < -0.3 is 10.5 Å². The van der Waals surface area contributed by atoms with Crippen molar-refractivity contribution in [3.05, 3.63) is 33.8 Å². The molecule has 1 aliphatic carbocycles. The molecule has 2 N–H and O–H groups in total. The maximum absolute atomic E-state index is 6.14. The van der Waals surface area contributed by atoms with E-state index in [-0.39, 0.29) is 11.5 Å². The molecule has 0 radical (unpaired) electrons. The monoisotopic (exact) mass is 309 g/mol. The molecule has 0 spiro atoms. The summed E-state index contributed by atoms with van der Waals surface area (Å²) in [5.74, 6) is 0.555. The Morgan fingerprint density at radius 2 is 2.22 bits per heavy atom. The quantitative estimate of drug-likeness (QED) is 0.929. The molecule has 1 saturated heterocycles. The zero-order chi connectivity index (χ0) is 12.8. The number of rotatable bonds is 3. The molecule has 1 saturated carbocycles. The minimum Gasteiger partial charge on any atom is -0.381 e. The molecule has 2 atom stereocenters. The van der Waals surface area contributed by atoms with Crippen LogP contribution in [0.5, 0.6) is 0 Å². The lowest BCUT2D eigenvalue weighted by Gasteiger charge is -2.22. The third-order valence-electron chi connectivity index (χ3n) is 4.61. The molecule has 1 aliphatic heterocycles. The van der Waals surface area contributed by atoms with Gasteiger partial charge in [0.2, 0.25) is 0 Å². The van der Waals surface area contributed by atoms with Gasteiger partial charge >= 0.3 is 0 Å². The summed E-state index contributed by atoms with van der Waals surface area (Å²) in [6, 6.07) is 7.06. The Labute approximate surface area is 117 Å². The van der Waals surface area contributed by atoms with E-state index in [0.717, 1.165) is 19.6 Å². The van der Waals surface area contributed by atoms with Gasteiger partial charge in [-0.25, -0.2) is 0 Å². The zero-order valence-corrected chi connectivity index (χ0v) is 12.4. The molecular weight excluding hydrogens is 290 g/mol. The second-order valence-corrected chi connectivity index (χ2v) is 6.60. The van der Waals surface area contributed by atoms with E-state index in [1.165, 1.54) is 28.4 Å². The molecule has 1 aromatic rings. The average molecular weight is 310 g/mol. The fourth-order valence-corrected chi connectivity index (χ4v) is 3.79. The highest BCUT2D eigenvalue weighted by atomic mass is 79.9. The van der Waals surface area contributed by atoms with E-state index in [4.69, 9.17) is 10.5 Å². The van der Waals surface area contributed by atoms with Gasteiger partial charge in [0.25, 0.3) is 0 Å². The van der Waals surface area contributed by atoms with E-state index in [9.17, 15) is 0 Å². The summed E-state index contributed by atoms with van der Waals surface area (Å²) in [7, 11) is 0. The van der Waals surface area contributed by atoms with Crippen LogP contribution in [-0.2, 0) is 10.2 Å². The first-order valence-electron chi connectivity index (χ1n) is 6.77. The molecule has 2 fully saturated rings. The molecule has 1 aromatic carbocycles. The Balaban J connectivity index is 1.89. The number of hydrogen-bond acceptors (Lipinski definition) is 2. The van der Waals surface area contributed by atoms with Gasteiger partial charge in [-0.15, -0.1) is 0 Å². The van der Waals surface area contributed by atoms with Crippen LogP contribution in [0.4, 0.5) is 0 Å². The fraction of sp³-hybridized carbons (Fsp3) is 0.600. The standard InChI is InChI=1S/C15H20BrNO/c1-10(17)15(5-6-15)12-2-3-13(14(16)8-12)11-4-7-18-9-11/h2-3,8,10-11H,4-7,9,17H2,1H3. The Bertz CT molecular complexity index is 448. The van der Waals surface area contributed by atoms with Gasteiger partial charge in [0.1, 0.15) is 0 Å². The second kappa shape index (κ2) is 4.62. The molecule has 2 aliphatic rings. The van der Waals surface area contributed by atoms with Crippen LogP contribution in [0, 0.1) is 0 Å². The summed E-state index contributed by atoms with van der Waals surface area (Å²) in [5, 5.41) is 0. The van der Waals surface area contributed by atoms with Crippen molar-refractivity contribution in [2.45, 2.75) is 43.6 Å². The SMILES string of the molecule is CC(N)C1(c2ccc(C3CCOC3)c(Br)c2)CC1. The number of ether oxygens (including phenoxy) is 1. The maximum Gasteiger partial charge on any atom is 0.0535 e. The van der Waals surface area contributed by atoms with Crippen molar-refractivity contribution >= 4 is 15.9 Å². The van der Waals surface area contributed by atoms with Gasteiger partial charge in [0.15, 0.2) is 0 Å².